The number of amides is 1. The zero-order chi connectivity index (χ0) is 20.4. The second-order valence-electron chi connectivity index (χ2n) is 7.02. The summed E-state index contributed by atoms with van der Waals surface area (Å²) < 4.78 is 2.05. The van der Waals surface area contributed by atoms with Crippen molar-refractivity contribution in [1.82, 2.24) is 14.5 Å². The standard InChI is InChI=1S/C21H21N5O3/c1-16-2-6-18(7-3-16)25-11-10-22-21(25)24-14-12-23(13-15-24)20(27)17-4-8-19(9-5-17)26(28)29/h2-11H,12-15H2,1H3. The number of nitro groups is 1. The number of nitro benzene ring substituents is 1. The van der Waals surface area contributed by atoms with Crippen molar-refractivity contribution in [2.75, 3.05) is 31.1 Å². The zero-order valence-corrected chi connectivity index (χ0v) is 16.1. The summed E-state index contributed by atoms with van der Waals surface area (Å²) in [6.07, 6.45) is 3.72. The Balaban J connectivity index is 1.43. The van der Waals surface area contributed by atoms with Gasteiger partial charge in [0.05, 0.1) is 4.92 Å². The molecule has 1 amide bonds. The summed E-state index contributed by atoms with van der Waals surface area (Å²) in [4.78, 5) is 31.5. The molecule has 148 valence electrons. The topological polar surface area (TPSA) is 84.5 Å². The number of anilines is 1. The third-order valence-electron chi connectivity index (χ3n) is 5.11. The number of rotatable bonds is 4. The van der Waals surface area contributed by atoms with Gasteiger partial charge in [-0.25, -0.2) is 4.98 Å². The Morgan fingerprint density at radius 2 is 1.66 bits per heavy atom. The first kappa shape index (κ1) is 18.7. The van der Waals surface area contributed by atoms with Gasteiger partial charge < -0.3 is 9.80 Å². The van der Waals surface area contributed by atoms with E-state index in [1.54, 1.807) is 11.1 Å². The van der Waals surface area contributed by atoms with E-state index in [2.05, 4.69) is 41.1 Å². The van der Waals surface area contributed by atoms with Gasteiger partial charge in [0.15, 0.2) is 0 Å². The zero-order valence-electron chi connectivity index (χ0n) is 16.1. The molecule has 1 aromatic heterocycles. The Labute approximate surface area is 168 Å². The molecule has 0 spiro atoms. The normalized spacial score (nSPS) is 14.1. The van der Waals surface area contributed by atoms with Crippen LogP contribution in [-0.2, 0) is 0 Å². The van der Waals surface area contributed by atoms with Crippen LogP contribution in [0.5, 0.6) is 0 Å². The van der Waals surface area contributed by atoms with Crippen LogP contribution < -0.4 is 4.90 Å². The van der Waals surface area contributed by atoms with Crippen LogP contribution in [0.4, 0.5) is 11.6 Å². The molecule has 0 atom stereocenters. The number of hydrogen-bond acceptors (Lipinski definition) is 5. The summed E-state index contributed by atoms with van der Waals surface area (Å²) >= 11 is 0. The van der Waals surface area contributed by atoms with Gasteiger partial charge in [0.1, 0.15) is 0 Å². The number of non-ortho nitro benzene ring substituents is 1. The Bertz CT molecular complexity index is 1020. The van der Waals surface area contributed by atoms with Crippen molar-refractivity contribution in [2.24, 2.45) is 0 Å². The van der Waals surface area contributed by atoms with Gasteiger partial charge >= 0.3 is 0 Å². The predicted molar refractivity (Wildman–Crippen MR) is 110 cm³/mol. The summed E-state index contributed by atoms with van der Waals surface area (Å²) in [6, 6.07) is 14.0. The lowest BCUT2D eigenvalue weighted by Crippen LogP contribution is -2.49. The van der Waals surface area contributed by atoms with Crippen molar-refractivity contribution in [1.29, 1.82) is 0 Å². The fourth-order valence-corrected chi connectivity index (χ4v) is 3.45. The van der Waals surface area contributed by atoms with Gasteiger partial charge in [-0.3, -0.25) is 19.5 Å². The molecule has 0 unspecified atom stereocenters. The highest BCUT2D eigenvalue weighted by Gasteiger charge is 2.25. The quantitative estimate of drug-likeness (QED) is 0.504. The van der Waals surface area contributed by atoms with E-state index in [0.717, 1.165) is 11.6 Å². The molecule has 8 nitrogen and oxygen atoms in total. The van der Waals surface area contributed by atoms with E-state index >= 15 is 0 Å². The molecule has 0 N–H and O–H groups in total. The maximum absolute atomic E-state index is 12.7. The lowest BCUT2D eigenvalue weighted by atomic mass is 10.1. The fourth-order valence-electron chi connectivity index (χ4n) is 3.45. The van der Waals surface area contributed by atoms with E-state index in [0.29, 0.717) is 31.7 Å². The summed E-state index contributed by atoms with van der Waals surface area (Å²) in [5.41, 5.74) is 2.70. The van der Waals surface area contributed by atoms with Crippen LogP contribution in [0, 0.1) is 17.0 Å². The molecule has 1 saturated heterocycles. The minimum Gasteiger partial charge on any atom is -0.338 e. The third kappa shape index (κ3) is 3.82. The van der Waals surface area contributed by atoms with Crippen LogP contribution in [0.15, 0.2) is 60.9 Å². The van der Waals surface area contributed by atoms with Crippen LogP contribution in [0.3, 0.4) is 0 Å². The minimum atomic E-state index is -0.469. The van der Waals surface area contributed by atoms with Crippen molar-refractivity contribution in [3.8, 4) is 5.69 Å². The molecule has 1 fully saturated rings. The first-order valence-corrected chi connectivity index (χ1v) is 9.42. The molecule has 4 rings (SSSR count). The molecule has 29 heavy (non-hydrogen) atoms. The van der Waals surface area contributed by atoms with Crippen molar-refractivity contribution in [3.63, 3.8) is 0 Å². The molecule has 2 aromatic carbocycles. The number of carbonyl (C=O) groups excluding carboxylic acids is 1. The Kier molecular flexibility index (Phi) is 4.99. The van der Waals surface area contributed by atoms with Gasteiger partial charge in [-0.2, -0.15) is 0 Å². The largest absolute Gasteiger partial charge is 0.338 e. The molecule has 0 radical (unpaired) electrons. The Morgan fingerprint density at radius 3 is 2.28 bits per heavy atom. The van der Waals surface area contributed by atoms with E-state index in [9.17, 15) is 14.9 Å². The molecule has 0 bridgehead atoms. The Morgan fingerprint density at radius 1 is 1.00 bits per heavy atom. The molecule has 8 heteroatoms. The van der Waals surface area contributed by atoms with Crippen molar-refractivity contribution in [3.05, 3.63) is 82.2 Å². The van der Waals surface area contributed by atoms with Crippen LogP contribution in [0.1, 0.15) is 15.9 Å². The van der Waals surface area contributed by atoms with Crippen molar-refractivity contribution in [2.45, 2.75) is 6.92 Å². The molecule has 1 aliphatic rings. The molecular formula is C21H21N5O3. The number of piperazine rings is 1. The van der Waals surface area contributed by atoms with Gasteiger partial charge in [-0.05, 0) is 31.2 Å². The fraction of sp³-hybridized carbons (Fsp3) is 0.238. The first-order chi connectivity index (χ1) is 14.0. The first-order valence-electron chi connectivity index (χ1n) is 9.42. The third-order valence-corrected chi connectivity index (χ3v) is 5.11. The maximum Gasteiger partial charge on any atom is 0.269 e. The van der Waals surface area contributed by atoms with Gasteiger partial charge in [0.25, 0.3) is 11.6 Å². The van der Waals surface area contributed by atoms with Crippen molar-refractivity contribution < 1.29 is 9.72 Å². The van der Waals surface area contributed by atoms with Gasteiger partial charge in [-0.15, -0.1) is 0 Å². The highest BCUT2D eigenvalue weighted by Crippen LogP contribution is 2.21. The van der Waals surface area contributed by atoms with Crippen LogP contribution in [0.2, 0.25) is 0 Å². The second-order valence-corrected chi connectivity index (χ2v) is 7.02. The van der Waals surface area contributed by atoms with E-state index in [1.807, 2.05) is 10.8 Å². The smallest absolute Gasteiger partial charge is 0.269 e. The molecule has 2 heterocycles. The van der Waals surface area contributed by atoms with Gasteiger partial charge in [0.2, 0.25) is 5.95 Å². The number of hydrogen-bond donors (Lipinski definition) is 0. The number of aryl methyl sites for hydroxylation is 1. The maximum atomic E-state index is 12.7. The summed E-state index contributed by atoms with van der Waals surface area (Å²) in [7, 11) is 0. The summed E-state index contributed by atoms with van der Waals surface area (Å²) in [6.45, 7) is 4.52. The average molecular weight is 391 g/mol. The minimum absolute atomic E-state index is 0.0192. The van der Waals surface area contributed by atoms with Crippen LogP contribution >= 0.6 is 0 Å². The van der Waals surface area contributed by atoms with Crippen LogP contribution in [-0.4, -0.2) is 51.5 Å². The highest BCUT2D eigenvalue weighted by molar-refractivity contribution is 5.94. The highest BCUT2D eigenvalue weighted by atomic mass is 16.6. The lowest BCUT2D eigenvalue weighted by Gasteiger charge is -2.35. The van der Waals surface area contributed by atoms with E-state index in [4.69, 9.17) is 0 Å². The van der Waals surface area contributed by atoms with Gasteiger partial charge in [-0.1, -0.05) is 17.7 Å². The van der Waals surface area contributed by atoms with E-state index in [1.165, 1.54) is 29.8 Å². The predicted octanol–water partition coefficient (Wildman–Crippen LogP) is 3.05. The molecule has 0 saturated carbocycles. The molecule has 1 aliphatic heterocycles. The average Bonchev–Trinajstić information content (AvgIpc) is 3.24. The van der Waals surface area contributed by atoms with E-state index < -0.39 is 4.92 Å². The second kappa shape index (κ2) is 7.75. The van der Waals surface area contributed by atoms with Gasteiger partial charge in [0, 0.05) is 62.0 Å². The molecule has 0 aliphatic carbocycles. The van der Waals surface area contributed by atoms with Crippen molar-refractivity contribution >= 4 is 17.5 Å². The number of aromatic nitrogens is 2. The monoisotopic (exact) mass is 391 g/mol. The molecular weight excluding hydrogens is 370 g/mol. The van der Waals surface area contributed by atoms with E-state index in [-0.39, 0.29) is 11.6 Å². The number of nitrogens with zero attached hydrogens (tertiary/aromatic N) is 5. The summed E-state index contributed by atoms with van der Waals surface area (Å²) in [5.74, 6) is 0.748. The SMILES string of the molecule is Cc1ccc(-n2ccnc2N2CCN(C(=O)c3ccc([N+](=O)[O-])cc3)CC2)cc1. The van der Waals surface area contributed by atoms with Crippen LogP contribution in [0.25, 0.3) is 5.69 Å². The Hall–Kier alpha value is -3.68. The number of imidazole rings is 1. The summed E-state index contributed by atoms with van der Waals surface area (Å²) in [5, 5.41) is 10.8. The number of carbonyl (C=O) groups is 1. The number of benzene rings is 2. The lowest BCUT2D eigenvalue weighted by molar-refractivity contribution is -0.384. The molecule has 3 aromatic rings.